The maximum atomic E-state index is 13.0. The molecule has 0 bridgehead atoms. The van der Waals surface area contributed by atoms with Gasteiger partial charge in [-0.2, -0.15) is 10.2 Å². The zero-order valence-corrected chi connectivity index (χ0v) is 11.1. The quantitative estimate of drug-likeness (QED) is 0.849. The van der Waals surface area contributed by atoms with Gasteiger partial charge >= 0.3 is 0 Å². The highest BCUT2D eigenvalue weighted by atomic mass is 32.2. The van der Waals surface area contributed by atoms with Gasteiger partial charge < -0.3 is 5.32 Å². The van der Waals surface area contributed by atoms with Crippen LogP contribution in [0.2, 0.25) is 0 Å². The summed E-state index contributed by atoms with van der Waals surface area (Å²) < 4.78 is 13.0. The van der Waals surface area contributed by atoms with Crippen LogP contribution in [0.1, 0.15) is 0 Å². The van der Waals surface area contributed by atoms with Crippen LogP contribution < -0.4 is 5.32 Å². The van der Waals surface area contributed by atoms with Gasteiger partial charge in [0.1, 0.15) is 5.82 Å². The number of anilines is 1. The Morgan fingerprint density at radius 3 is 2.85 bits per heavy atom. The number of nitrogens with one attached hydrogen (secondary N) is 1. The monoisotopic (exact) mass is 287 g/mol. The lowest BCUT2D eigenvalue weighted by Gasteiger charge is -2.20. The summed E-state index contributed by atoms with van der Waals surface area (Å²) in [4.78, 5) is 12.8. The van der Waals surface area contributed by atoms with Gasteiger partial charge in [0.25, 0.3) is 5.91 Å². The molecule has 6 heteroatoms. The van der Waals surface area contributed by atoms with Crippen LogP contribution in [0, 0.1) is 5.82 Å². The number of nitrogens with zero attached hydrogens (tertiary/aromatic N) is 2. The van der Waals surface area contributed by atoms with E-state index in [9.17, 15) is 9.18 Å². The Bertz CT molecular complexity index is 690. The van der Waals surface area contributed by atoms with Gasteiger partial charge in [0.15, 0.2) is 5.37 Å². The van der Waals surface area contributed by atoms with Gasteiger partial charge in [-0.3, -0.25) is 4.79 Å². The fourth-order valence-electron chi connectivity index (χ4n) is 1.77. The van der Waals surface area contributed by atoms with Crippen molar-refractivity contribution in [3.8, 4) is 0 Å². The van der Waals surface area contributed by atoms with Crippen molar-refractivity contribution in [2.75, 3.05) is 5.32 Å². The highest BCUT2D eigenvalue weighted by Crippen LogP contribution is 2.36. The lowest BCUT2D eigenvalue weighted by Crippen LogP contribution is -2.27. The summed E-state index contributed by atoms with van der Waals surface area (Å²) in [6.45, 7) is 0. The summed E-state index contributed by atoms with van der Waals surface area (Å²) in [7, 11) is 0. The van der Waals surface area contributed by atoms with E-state index in [-0.39, 0.29) is 11.7 Å². The second-order valence-electron chi connectivity index (χ2n) is 4.15. The van der Waals surface area contributed by atoms with Crippen LogP contribution in [-0.4, -0.2) is 11.3 Å². The minimum absolute atomic E-state index is 0.228. The van der Waals surface area contributed by atoms with E-state index in [1.54, 1.807) is 12.1 Å². The number of hydrogen-bond acceptors (Lipinski definition) is 4. The standard InChI is InChI=1S/C14H10FN3OS/c15-9-4-3-5-10(8-9)17-18-14-13(19)16-11-6-1-2-7-12(11)20-14/h1-8,14H,(H,16,19). The van der Waals surface area contributed by atoms with Gasteiger partial charge in [-0.15, -0.1) is 0 Å². The number of azo groups is 1. The topological polar surface area (TPSA) is 53.8 Å². The van der Waals surface area contributed by atoms with Gasteiger partial charge in [-0.1, -0.05) is 30.0 Å². The Morgan fingerprint density at radius 1 is 1.15 bits per heavy atom. The molecule has 1 amide bonds. The molecule has 0 aromatic heterocycles. The number of carbonyl (C=O) groups excluding carboxylic acids is 1. The molecule has 2 aromatic carbocycles. The largest absolute Gasteiger partial charge is 0.322 e. The molecule has 1 aliphatic heterocycles. The molecule has 1 aliphatic rings. The first-order valence-electron chi connectivity index (χ1n) is 5.95. The first kappa shape index (κ1) is 12.8. The van der Waals surface area contributed by atoms with Crippen molar-refractivity contribution in [1.82, 2.24) is 0 Å². The summed E-state index contributed by atoms with van der Waals surface area (Å²) >= 11 is 1.32. The highest BCUT2D eigenvalue weighted by molar-refractivity contribution is 8.01. The minimum Gasteiger partial charge on any atom is -0.322 e. The molecule has 0 aliphatic carbocycles. The minimum atomic E-state index is -0.659. The number of thioether (sulfide) groups is 1. The molecule has 0 saturated carbocycles. The Labute approximate surface area is 119 Å². The number of fused-ring (bicyclic) bond motifs is 1. The number of benzene rings is 2. The van der Waals surface area contributed by atoms with E-state index in [2.05, 4.69) is 15.5 Å². The maximum absolute atomic E-state index is 13.0. The number of para-hydroxylation sites is 1. The zero-order chi connectivity index (χ0) is 13.9. The molecular formula is C14H10FN3OS. The first-order chi connectivity index (χ1) is 9.72. The molecule has 20 heavy (non-hydrogen) atoms. The van der Waals surface area contributed by atoms with E-state index in [0.717, 1.165) is 10.6 Å². The van der Waals surface area contributed by atoms with Gasteiger partial charge in [-0.25, -0.2) is 4.39 Å². The third kappa shape index (κ3) is 2.70. The molecule has 0 saturated heterocycles. The zero-order valence-electron chi connectivity index (χ0n) is 10.3. The van der Waals surface area contributed by atoms with Crippen molar-refractivity contribution in [3.63, 3.8) is 0 Å². The molecule has 1 N–H and O–H groups in total. The van der Waals surface area contributed by atoms with E-state index in [1.165, 1.54) is 23.9 Å². The predicted octanol–water partition coefficient (Wildman–Crippen LogP) is 3.98. The van der Waals surface area contributed by atoms with Crippen molar-refractivity contribution in [3.05, 3.63) is 54.3 Å². The number of halogens is 1. The van der Waals surface area contributed by atoms with E-state index in [0.29, 0.717) is 5.69 Å². The van der Waals surface area contributed by atoms with Crippen molar-refractivity contribution in [1.29, 1.82) is 0 Å². The van der Waals surface area contributed by atoms with Crippen LogP contribution >= 0.6 is 11.8 Å². The third-order valence-corrected chi connectivity index (χ3v) is 3.84. The molecule has 3 rings (SSSR count). The summed E-state index contributed by atoms with van der Waals surface area (Å²) in [6, 6.07) is 13.3. The lowest BCUT2D eigenvalue weighted by atomic mass is 10.3. The smallest absolute Gasteiger partial charge is 0.261 e. The fraction of sp³-hybridized carbons (Fsp3) is 0.0714. The number of hydrogen-bond donors (Lipinski definition) is 1. The van der Waals surface area contributed by atoms with Crippen LogP contribution in [-0.2, 0) is 4.79 Å². The second kappa shape index (κ2) is 5.42. The van der Waals surface area contributed by atoms with Crippen LogP contribution in [0.5, 0.6) is 0 Å². The van der Waals surface area contributed by atoms with Crippen molar-refractivity contribution < 1.29 is 9.18 Å². The van der Waals surface area contributed by atoms with E-state index >= 15 is 0 Å². The summed E-state index contributed by atoms with van der Waals surface area (Å²) in [5.41, 5.74) is 1.16. The average Bonchev–Trinajstić information content (AvgIpc) is 2.45. The van der Waals surface area contributed by atoms with Crippen LogP contribution in [0.4, 0.5) is 15.8 Å². The summed E-state index contributed by atoms with van der Waals surface area (Å²) in [5.74, 6) is -0.610. The van der Waals surface area contributed by atoms with E-state index < -0.39 is 5.37 Å². The Kier molecular flexibility index (Phi) is 3.47. The van der Waals surface area contributed by atoms with E-state index in [1.807, 2.05) is 24.3 Å². The number of carbonyl (C=O) groups is 1. The average molecular weight is 287 g/mol. The molecule has 1 heterocycles. The van der Waals surface area contributed by atoms with Gasteiger partial charge in [0, 0.05) is 11.0 Å². The Balaban J connectivity index is 1.80. The fourth-order valence-corrected chi connectivity index (χ4v) is 2.68. The lowest BCUT2D eigenvalue weighted by molar-refractivity contribution is -0.115. The normalized spacial score (nSPS) is 17.9. The third-order valence-electron chi connectivity index (χ3n) is 2.69. The molecule has 2 aromatic rings. The summed E-state index contributed by atoms with van der Waals surface area (Å²) in [5, 5.41) is 10.0. The molecule has 0 spiro atoms. The Hall–Kier alpha value is -2.21. The van der Waals surface area contributed by atoms with Crippen molar-refractivity contribution >= 4 is 29.0 Å². The van der Waals surface area contributed by atoms with E-state index in [4.69, 9.17) is 0 Å². The van der Waals surface area contributed by atoms with Gasteiger partial charge in [-0.05, 0) is 24.3 Å². The van der Waals surface area contributed by atoms with Gasteiger partial charge in [0.2, 0.25) is 0 Å². The molecule has 0 radical (unpaired) electrons. The number of amides is 1. The molecule has 1 atom stereocenters. The first-order valence-corrected chi connectivity index (χ1v) is 6.83. The molecule has 0 fully saturated rings. The molecule has 1 unspecified atom stereocenters. The SMILES string of the molecule is O=C1Nc2ccccc2SC1N=Nc1cccc(F)c1. The maximum Gasteiger partial charge on any atom is 0.261 e. The predicted molar refractivity (Wildman–Crippen MR) is 75.6 cm³/mol. The van der Waals surface area contributed by atoms with Crippen LogP contribution in [0.15, 0.2) is 63.7 Å². The second-order valence-corrected chi connectivity index (χ2v) is 5.27. The van der Waals surface area contributed by atoms with Crippen LogP contribution in [0.25, 0.3) is 0 Å². The molecule has 4 nitrogen and oxygen atoms in total. The van der Waals surface area contributed by atoms with Gasteiger partial charge in [0.05, 0.1) is 11.4 Å². The molecular weight excluding hydrogens is 277 g/mol. The molecule has 100 valence electrons. The van der Waals surface area contributed by atoms with Crippen molar-refractivity contribution in [2.45, 2.75) is 10.3 Å². The Morgan fingerprint density at radius 2 is 2.00 bits per heavy atom. The van der Waals surface area contributed by atoms with Crippen LogP contribution in [0.3, 0.4) is 0 Å². The summed E-state index contributed by atoms with van der Waals surface area (Å²) in [6.07, 6.45) is 0. The van der Waals surface area contributed by atoms with Crippen molar-refractivity contribution in [2.24, 2.45) is 10.2 Å². The highest BCUT2D eigenvalue weighted by Gasteiger charge is 2.26. The number of rotatable bonds is 2.